The standard InChI is InChI=1S/C26H28N6O2S2/c1-34-19-8-9-21-23(15-19)35-26(31-21)22(13-16-4-2-5-17(12-16)25(28)29)32-36-20-7-3-6-18(14-20)30-24(33)10-11-27/h2-9,12,14-15,22,32H,10-11,13,27H2,1H3,(H3,28,29)(H,30,33)/t22-/m0/s1. The van der Waals surface area contributed by atoms with Gasteiger partial charge < -0.3 is 21.5 Å². The van der Waals surface area contributed by atoms with Crippen LogP contribution in [0.2, 0.25) is 0 Å². The molecule has 0 aliphatic rings. The van der Waals surface area contributed by atoms with E-state index in [1.165, 1.54) is 11.9 Å². The number of nitrogens with two attached hydrogens (primary N) is 2. The number of fused-ring (bicyclic) bond motifs is 1. The SMILES string of the molecule is COc1ccc2nc([C@H](Cc3cccc(C(=N)N)c3)NSc3cccc(NC(=O)CCN)c3)sc2c1. The number of aromatic nitrogens is 1. The van der Waals surface area contributed by atoms with Crippen LogP contribution < -0.4 is 26.2 Å². The van der Waals surface area contributed by atoms with E-state index < -0.39 is 0 Å². The van der Waals surface area contributed by atoms with E-state index >= 15 is 0 Å². The van der Waals surface area contributed by atoms with Gasteiger partial charge in [0.15, 0.2) is 0 Å². The summed E-state index contributed by atoms with van der Waals surface area (Å²) < 4.78 is 9.98. The van der Waals surface area contributed by atoms with E-state index in [4.69, 9.17) is 26.6 Å². The molecular formula is C26H28N6O2S2. The number of amides is 1. The average molecular weight is 521 g/mol. The van der Waals surface area contributed by atoms with Gasteiger partial charge in [-0.1, -0.05) is 24.3 Å². The first-order chi connectivity index (χ1) is 17.4. The van der Waals surface area contributed by atoms with Crippen LogP contribution in [0, 0.1) is 5.41 Å². The van der Waals surface area contributed by atoms with E-state index in [1.54, 1.807) is 18.4 Å². The summed E-state index contributed by atoms with van der Waals surface area (Å²) in [4.78, 5) is 17.8. The van der Waals surface area contributed by atoms with E-state index in [0.717, 1.165) is 37.1 Å². The van der Waals surface area contributed by atoms with E-state index in [0.29, 0.717) is 18.5 Å². The van der Waals surface area contributed by atoms with Gasteiger partial charge in [0.05, 0.1) is 23.4 Å². The van der Waals surface area contributed by atoms with Crippen LogP contribution >= 0.6 is 23.3 Å². The highest BCUT2D eigenvalue weighted by Gasteiger charge is 2.19. The second-order valence-electron chi connectivity index (χ2n) is 8.09. The van der Waals surface area contributed by atoms with E-state index in [9.17, 15) is 4.79 Å². The van der Waals surface area contributed by atoms with Crippen molar-refractivity contribution in [1.29, 1.82) is 5.41 Å². The molecule has 1 atom stereocenters. The molecular weight excluding hydrogens is 492 g/mol. The number of carbonyl (C=O) groups is 1. The first-order valence-electron chi connectivity index (χ1n) is 11.4. The third-order valence-electron chi connectivity index (χ3n) is 5.40. The summed E-state index contributed by atoms with van der Waals surface area (Å²) in [5.74, 6) is 0.719. The van der Waals surface area contributed by atoms with Crippen molar-refractivity contribution in [3.63, 3.8) is 0 Å². The molecule has 1 aromatic heterocycles. The lowest BCUT2D eigenvalue weighted by Crippen LogP contribution is -2.18. The summed E-state index contributed by atoms with van der Waals surface area (Å²) >= 11 is 3.09. The number of anilines is 1. The van der Waals surface area contributed by atoms with Crippen molar-refractivity contribution in [2.75, 3.05) is 19.0 Å². The Balaban J connectivity index is 1.58. The van der Waals surface area contributed by atoms with Gasteiger partial charge in [-0.25, -0.2) is 9.71 Å². The lowest BCUT2D eigenvalue weighted by molar-refractivity contribution is -0.116. The maximum Gasteiger partial charge on any atom is 0.225 e. The first-order valence-corrected chi connectivity index (χ1v) is 13.0. The number of thiazole rings is 1. The van der Waals surface area contributed by atoms with Crippen LogP contribution in [-0.4, -0.2) is 30.4 Å². The highest BCUT2D eigenvalue weighted by Crippen LogP contribution is 2.33. The van der Waals surface area contributed by atoms with Gasteiger partial charge in [0.1, 0.15) is 16.6 Å². The Morgan fingerprint density at radius 3 is 2.78 bits per heavy atom. The molecule has 10 heteroatoms. The average Bonchev–Trinajstić information content (AvgIpc) is 3.30. The maximum atomic E-state index is 11.9. The maximum absolute atomic E-state index is 11.9. The fourth-order valence-electron chi connectivity index (χ4n) is 3.61. The number of hydrogen-bond acceptors (Lipinski definition) is 8. The number of ether oxygens (including phenoxy) is 1. The van der Waals surface area contributed by atoms with Crippen molar-refractivity contribution in [2.24, 2.45) is 11.5 Å². The Morgan fingerprint density at radius 1 is 1.17 bits per heavy atom. The molecule has 0 spiro atoms. The molecule has 8 nitrogen and oxygen atoms in total. The van der Waals surface area contributed by atoms with Crippen LogP contribution in [0.25, 0.3) is 10.2 Å². The van der Waals surface area contributed by atoms with Gasteiger partial charge in [-0.2, -0.15) is 0 Å². The molecule has 1 amide bonds. The highest BCUT2D eigenvalue weighted by molar-refractivity contribution is 7.97. The van der Waals surface area contributed by atoms with E-state index in [2.05, 4.69) is 10.0 Å². The second kappa shape index (κ2) is 12.0. The fraction of sp³-hybridized carbons (Fsp3) is 0.192. The van der Waals surface area contributed by atoms with Gasteiger partial charge in [0.25, 0.3) is 0 Å². The van der Waals surface area contributed by atoms with Gasteiger partial charge in [-0.05, 0) is 66.4 Å². The van der Waals surface area contributed by atoms with E-state index in [1.807, 2.05) is 66.7 Å². The molecule has 0 saturated heterocycles. The zero-order chi connectivity index (χ0) is 25.5. The first kappa shape index (κ1) is 25.6. The van der Waals surface area contributed by atoms with Crippen LogP contribution in [0.5, 0.6) is 5.75 Å². The fourth-order valence-corrected chi connectivity index (χ4v) is 5.54. The number of rotatable bonds is 11. The third kappa shape index (κ3) is 6.61. The summed E-state index contributed by atoms with van der Waals surface area (Å²) in [6.45, 7) is 0.308. The zero-order valence-corrected chi connectivity index (χ0v) is 21.4. The van der Waals surface area contributed by atoms with Gasteiger partial charge in [0.2, 0.25) is 5.91 Å². The predicted octanol–water partition coefficient (Wildman–Crippen LogP) is 4.46. The third-order valence-corrected chi connectivity index (χ3v) is 7.42. The van der Waals surface area contributed by atoms with Crippen molar-refractivity contribution in [3.8, 4) is 5.75 Å². The quantitative estimate of drug-likeness (QED) is 0.112. The summed E-state index contributed by atoms with van der Waals surface area (Å²) in [5.41, 5.74) is 14.5. The van der Waals surface area contributed by atoms with Crippen molar-refractivity contribution in [1.82, 2.24) is 9.71 Å². The van der Waals surface area contributed by atoms with Crippen LogP contribution in [0.1, 0.15) is 28.6 Å². The number of benzene rings is 3. The predicted molar refractivity (Wildman–Crippen MR) is 148 cm³/mol. The number of nitrogens with zero attached hydrogens (tertiary/aromatic N) is 1. The molecule has 0 aliphatic carbocycles. The highest BCUT2D eigenvalue weighted by atomic mass is 32.2. The molecule has 0 fully saturated rings. The molecule has 36 heavy (non-hydrogen) atoms. The minimum absolute atomic E-state index is 0.0383. The Labute approximate surface area is 218 Å². The topological polar surface area (TPSA) is 139 Å². The number of carbonyl (C=O) groups excluding carboxylic acids is 1. The van der Waals surface area contributed by atoms with Crippen LogP contribution in [-0.2, 0) is 11.2 Å². The molecule has 0 bridgehead atoms. The lowest BCUT2D eigenvalue weighted by Gasteiger charge is -2.17. The molecule has 0 radical (unpaired) electrons. The van der Waals surface area contributed by atoms with Crippen molar-refractivity contribution >= 4 is 50.9 Å². The summed E-state index contributed by atoms with van der Waals surface area (Å²) in [7, 11) is 1.65. The van der Waals surface area contributed by atoms with Gasteiger partial charge >= 0.3 is 0 Å². The molecule has 4 aromatic rings. The van der Waals surface area contributed by atoms with Crippen molar-refractivity contribution in [3.05, 3.63) is 82.9 Å². The Kier molecular flexibility index (Phi) is 8.55. The lowest BCUT2D eigenvalue weighted by atomic mass is 10.0. The normalized spacial score (nSPS) is 11.8. The van der Waals surface area contributed by atoms with Crippen LogP contribution in [0.4, 0.5) is 5.69 Å². The number of nitrogens with one attached hydrogen (secondary N) is 3. The summed E-state index contributed by atoms with van der Waals surface area (Å²) in [6.07, 6.45) is 0.928. The number of amidine groups is 1. The Bertz CT molecular complexity index is 1370. The van der Waals surface area contributed by atoms with Gasteiger partial charge in [0, 0.05) is 29.1 Å². The largest absolute Gasteiger partial charge is 0.497 e. The van der Waals surface area contributed by atoms with Crippen molar-refractivity contribution in [2.45, 2.75) is 23.8 Å². The van der Waals surface area contributed by atoms with Crippen LogP contribution in [0.15, 0.2) is 71.6 Å². The smallest absolute Gasteiger partial charge is 0.225 e. The monoisotopic (exact) mass is 520 g/mol. The second-order valence-corrected chi connectivity index (χ2v) is 10.1. The van der Waals surface area contributed by atoms with Crippen molar-refractivity contribution < 1.29 is 9.53 Å². The Morgan fingerprint density at radius 2 is 2.00 bits per heavy atom. The number of nitrogen functional groups attached to an aromatic ring is 1. The molecule has 4 rings (SSSR count). The minimum atomic E-state index is -0.115. The number of hydrogen-bond donors (Lipinski definition) is 5. The van der Waals surface area contributed by atoms with E-state index in [-0.39, 0.29) is 24.2 Å². The zero-order valence-electron chi connectivity index (χ0n) is 19.8. The molecule has 1 heterocycles. The molecule has 3 aromatic carbocycles. The number of methoxy groups -OCH3 is 1. The summed E-state index contributed by atoms with van der Waals surface area (Å²) in [6, 6.07) is 21.1. The molecule has 7 N–H and O–H groups in total. The molecule has 0 saturated carbocycles. The molecule has 186 valence electrons. The minimum Gasteiger partial charge on any atom is -0.497 e. The van der Waals surface area contributed by atoms with Gasteiger partial charge in [-0.3, -0.25) is 10.2 Å². The summed E-state index contributed by atoms with van der Waals surface area (Å²) in [5, 5.41) is 11.6. The van der Waals surface area contributed by atoms with Gasteiger partial charge in [-0.15, -0.1) is 11.3 Å². The molecule has 0 unspecified atom stereocenters. The molecule has 0 aliphatic heterocycles. The Hall–Kier alpha value is -3.44. The van der Waals surface area contributed by atoms with Crippen LogP contribution in [0.3, 0.4) is 0 Å².